The van der Waals surface area contributed by atoms with Crippen molar-refractivity contribution in [1.82, 2.24) is 0 Å². The number of hydrogen-bond donors (Lipinski definition) is 0. The molecule has 0 N–H and O–H groups in total. The summed E-state index contributed by atoms with van der Waals surface area (Å²) in [5.41, 5.74) is 0. The van der Waals surface area contributed by atoms with Crippen molar-refractivity contribution in [3.8, 4) is 6.07 Å². The molecule has 0 aromatic heterocycles. The van der Waals surface area contributed by atoms with E-state index in [2.05, 4.69) is 13.0 Å². The van der Waals surface area contributed by atoms with Crippen LogP contribution < -0.4 is 0 Å². The van der Waals surface area contributed by atoms with Gasteiger partial charge in [0.05, 0.1) is 12.7 Å². The molecule has 0 spiro atoms. The number of carbonyl (C=O) groups is 1. The van der Waals surface area contributed by atoms with Crippen LogP contribution in [0.1, 0.15) is 39.5 Å². The van der Waals surface area contributed by atoms with Crippen molar-refractivity contribution < 1.29 is 9.53 Å². The number of hydrogen-bond acceptors (Lipinski definition) is 3. The molecule has 0 heterocycles. The predicted octanol–water partition coefficient (Wildman–Crippen LogP) is 2.52. The van der Waals surface area contributed by atoms with Crippen molar-refractivity contribution in [3.63, 3.8) is 0 Å². The molecule has 15 heavy (non-hydrogen) atoms. The van der Waals surface area contributed by atoms with Gasteiger partial charge >= 0.3 is 5.97 Å². The second-order valence-electron chi connectivity index (χ2n) is 4.28. The zero-order chi connectivity index (χ0) is 11.3. The summed E-state index contributed by atoms with van der Waals surface area (Å²) >= 11 is 0. The van der Waals surface area contributed by atoms with Gasteiger partial charge < -0.3 is 4.74 Å². The van der Waals surface area contributed by atoms with Crippen molar-refractivity contribution >= 4 is 5.97 Å². The van der Waals surface area contributed by atoms with Gasteiger partial charge in [-0.3, -0.25) is 4.79 Å². The lowest BCUT2D eigenvalue weighted by Crippen LogP contribution is -2.31. The molecule has 0 saturated heterocycles. The predicted molar refractivity (Wildman–Crippen MR) is 56.9 cm³/mol. The van der Waals surface area contributed by atoms with E-state index in [1.165, 1.54) is 6.42 Å². The van der Waals surface area contributed by atoms with Crippen LogP contribution in [-0.2, 0) is 9.53 Å². The normalized spacial score (nSPS) is 27.8. The van der Waals surface area contributed by atoms with E-state index in [-0.39, 0.29) is 11.9 Å². The largest absolute Gasteiger partial charge is 0.465 e. The minimum atomic E-state index is -0.555. The van der Waals surface area contributed by atoms with Crippen molar-refractivity contribution in [2.24, 2.45) is 17.8 Å². The smallest absolute Gasteiger partial charge is 0.323 e. The molecular formula is C12H19NO2. The van der Waals surface area contributed by atoms with Crippen LogP contribution in [0.25, 0.3) is 0 Å². The molecular weight excluding hydrogens is 190 g/mol. The van der Waals surface area contributed by atoms with Crippen LogP contribution in [0.4, 0.5) is 0 Å². The van der Waals surface area contributed by atoms with Crippen LogP contribution in [-0.4, -0.2) is 12.6 Å². The molecule has 3 atom stereocenters. The van der Waals surface area contributed by atoms with Crippen molar-refractivity contribution in [1.29, 1.82) is 5.26 Å². The fraction of sp³-hybridized carbons (Fsp3) is 0.833. The Labute approximate surface area is 91.4 Å². The Hall–Kier alpha value is -1.04. The Balaban J connectivity index is 2.64. The van der Waals surface area contributed by atoms with E-state index < -0.39 is 5.92 Å². The molecule has 1 saturated carbocycles. The van der Waals surface area contributed by atoms with Crippen LogP contribution in [0.5, 0.6) is 0 Å². The number of ether oxygens (including phenoxy) is 1. The minimum absolute atomic E-state index is 0.197. The highest BCUT2D eigenvalue weighted by atomic mass is 16.5. The Morgan fingerprint density at radius 2 is 2.20 bits per heavy atom. The average Bonchev–Trinajstić information content (AvgIpc) is 2.22. The van der Waals surface area contributed by atoms with Gasteiger partial charge in [0.1, 0.15) is 5.92 Å². The molecule has 1 aliphatic carbocycles. The summed E-state index contributed by atoms with van der Waals surface area (Å²) in [5, 5.41) is 9.04. The van der Waals surface area contributed by atoms with E-state index >= 15 is 0 Å². The molecule has 0 bridgehead atoms. The first-order valence-electron chi connectivity index (χ1n) is 5.77. The minimum Gasteiger partial charge on any atom is -0.465 e. The molecule has 84 valence electrons. The van der Waals surface area contributed by atoms with E-state index in [1.807, 2.05) is 0 Å². The molecule has 1 fully saturated rings. The Morgan fingerprint density at radius 1 is 1.53 bits per heavy atom. The van der Waals surface area contributed by atoms with Gasteiger partial charge in [-0.05, 0) is 25.2 Å². The lowest BCUT2D eigenvalue weighted by atomic mass is 9.74. The lowest BCUT2D eigenvalue weighted by molar-refractivity contribution is -0.148. The van der Waals surface area contributed by atoms with Gasteiger partial charge in [-0.25, -0.2) is 0 Å². The summed E-state index contributed by atoms with van der Waals surface area (Å²) in [7, 11) is 0. The third-order valence-electron chi connectivity index (χ3n) is 3.29. The van der Waals surface area contributed by atoms with Crippen LogP contribution in [0, 0.1) is 29.1 Å². The van der Waals surface area contributed by atoms with Gasteiger partial charge in [-0.1, -0.05) is 26.2 Å². The maximum absolute atomic E-state index is 11.6. The van der Waals surface area contributed by atoms with Crippen LogP contribution in [0.2, 0.25) is 0 Å². The molecule has 1 aliphatic rings. The number of esters is 1. The summed E-state index contributed by atoms with van der Waals surface area (Å²) in [4.78, 5) is 11.6. The van der Waals surface area contributed by atoms with Gasteiger partial charge in [0.2, 0.25) is 0 Å². The highest BCUT2D eigenvalue weighted by Gasteiger charge is 2.34. The number of nitriles is 1. The molecule has 0 aromatic carbocycles. The maximum atomic E-state index is 11.6. The molecule has 3 nitrogen and oxygen atoms in total. The first-order valence-corrected chi connectivity index (χ1v) is 5.77. The van der Waals surface area contributed by atoms with E-state index in [4.69, 9.17) is 10.00 Å². The zero-order valence-electron chi connectivity index (χ0n) is 9.53. The van der Waals surface area contributed by atoms with Crippen LogP contribution in [0.3, 0.4) is 0 Å². The first-order chi connectivity index (χ1) is 7.20. The highest BCUT2D eigenvalue weighted by molar-refractivity contribution is 5.75. The maximum Gasteiger partial charge on any atom is 0.323 e. The van der Waals surface area contributed by atoms with Gasteiger partial charge in [0, 0.05) is 0 Å². The van der Waals surface area contributed by atoms with E-state index in [9.17, 15) is 4.79 Å². The topological polar surface area (TPSA) is 50.1 Å². The number of nitrogens with zero attached hydrogens (tertiary/aromatic N) is 1. The molecule has 0 aromatic rings. The summed E-state index contributed by atoms with van der Waals surface area (Å²) in [6.07, 6.45) is 4.46. The molecule has 0 amide bonds. The van der Waals surface area contributed by atoms with Crippen molar-refractivity contribution in [2.75, 3.05) is 6.61 Å². The third-order valence-corrected chi connectivity index (χ3v) is 3.29. The molecule has 1 rings (SSSR count). The summed E-state index contributed by atoms with van der Waals surface area (Å²) < 4.78 is 4.94. The average molecular weight is 209 g/mol. The monoisotopic (exact) mass is 209 g/mol. The second-order valence-corrected chi connectivity index (χ2v) is 4.28. The quantitative estimate of drug-likeness (QED) is 0.671. The van der Waals surface area contributed by atoms with E-state index in [0.29, 0.717) is 12.5 Å². The van der Waals surface area contributed by atoms with Gasteiger partial charge in [-0.15, -0.1) is 0 Å². The SMILES string of the molecule is CCOC(=O)C(C#N)C1CCCCC1C. The molecule has 0 aliphatic heterocycles. The molecule has 0 radical (unpaired) electrons. The summed E-state index contributed by atoms with van der Waals surface area (Å²) in [6, 6.07) is 2.11. The van der Waals surface area contributed by atoms with Crippen LogP contribution in [0.15, 0.2) is 0 Å². The standard InChI is InChI=1S/C12H19NO2/c1-3-15-12(14)11(8-13)10-7-5-4-6-9(10)2/h9-11H,3-7H2,1-2H3. The zero-order valence-corrected chi connectivity index (χ0v) is 9.53. The fourth-order valence-electron chi connectivity index (χ4n) is 2.40. The Kier molecular flexibility index (Phi) is 4.61. The van der Waals surface area contributed by atoms with Crippen molar-refractivity contribution in [3.05, 3.63) is 0 Å². The summed E-state index contributed by atoms with van der Waals surface area (Å²) in [6.45, 7) is 4.27. The van der Waals surface area contributed by atoms with Gasteiger partial charge in [0.15, 0.2) is 0 Å². The first kappa shape index (κ1) is 12.0. The third kappa shape index (κ3) is 2.95. The molecule has 3 heteroatoms. The van der Waals surface area contributed by atoms with Gasteiger partial charge in [0.25, 0.3) is 0 Å². The second kappa shape index (κ2) is 5.75. The Morgan fingerprint density at radius 3 is 2.73 bits per heavy atom. The van der Waals surface area contributed by atoms with E-state index in [1.54, 1.807) is 6.92 Å². The van der Waals surface area contributed by atoms with E-state index in [0.717, 1.165) is 19.3 Å². The highest BCUT2D eigenvalue weighted by Crippen LogP contribution is 2.35. The molecule has 3 unspecified atom stereocenters. The lowest BCUT2D eigenvalue weighted by Gasteiger charge is -2.30. The van der Waals surface area contributed by atoms with Gasteiger partial charge in [-0.2, -0.15) is 5.26 Å². The Bertz CT molecular complexity index is 257. The number of rotatable bonds is 3. The van der Waals surface area contributed by atoms with Crippen molar-refractivity contribution in [2.45, 2.75) is 39.5 Å². The van der Waals surface area contributed by atoms with Crippen LogP contribution >= 0.6 is 0 Å². The summed E-state index contributed by atoms with van der Waals surface area (Å²) in [5.74, 6) is -0.227. The number of carbonyl (C=O) groups excluding carboxylic acids is 1. The fourth-order valence-corrected chi connectivity index (χ4v) is 2.40.